The molecule has 0 N–H and O–H groups in total. The minimum atomic E-state index is 0.138. The molecule has 0 bridgehead atoms. The van der Waals surface area contributed by atoms with Gasteiger partial charge in [-0.25, -0.2) is 0 Å². The molecule has 0 saturated heterocycles. The van der Waals surface area contributed by atoms with Crippen LogP contribution in [0.5, 0.6) is 0 Å². The summed E-state index contributed by atoms with van der Waals surface area (Å²) < 4.78 is 0. The molecule has 0 fully saturated rings. The fourth-order valence-electron chi connectivity index (χ4n) is 4.46. The minimum absolute atomic E-state index is 0.138. The number of aryl methyl sites for hydroxylation is 1. The van der Waals surface area contributed by atoms with Gasteiger partial charge in [-0.2, -0.15) is 0 Å². The third kappa shape index (κ3) is 4.68. The predicted molar refractivity (Wildman–Crippen MR) is 130 cm³/mol. The number of rotatable bonds is 4. The summed E-state index contributed by atoms with van der Waals surface area (Å²) >= 11 is 0. The van der Waals surface area contributed by atoms with Crippen LogP contribution in [0, 0.1) is 5.92 Å². The number of benzene rings is 2. The van der Waals surface area contributed by atoms with Crippen LogP contribution in [-0.4, -0.2) is 0 Å². The molecule has 0 saturated carbocycles. The van der Waals surface area contributed by atoms with Crippen LogP contribution in [-0.2, 0) is 23.7 Å². The molecule has 1 aliphatic rings. The summed E-state index contributed by atoms with van der Waals surface area (Å²) in [6, 6.07) is 12.1. The lowest BCUT2D eigenvalue weighted by atomic mass is 9.78. The zero-order chi connectivity index (χ0) is 21.6. The van der Waals surface area contributed by atoms with E-state index in [1.54, 1.807) is 5.57 Å². The summed E-state index contributed by atoms with van der Waals surface area (Å²) in [7, 11) is 0. The molecule has 0 radical (unpaired) electrons. The monoisotopic (exact) mass is 388 g/mol. The van der Waals surface area contributed by atoms with Crippen LogP contribution in [0.1, 0.15) is 96.6 Å². The molecule has 2 aromatic rings. The van der Waals surface area contributed by atoms with Crippen molar-refractivity contribution < 1.29 is 0 Å². The van der Waals surface area contributed by atoms with Crippen molar-refractivity contribution in [3.63, 3.8) is 0 Å². The SMILES string of the molecule is CCc1ccc2c(c1-c1cc(C(C)(C)C)cc(C(C)(C)C)c1)C=C(CC(C)C)C2. The van der Waals surface area contributed by atoms with Gasteiger partial charge in [-0.3, -0.25) is 0 Å². The lowest BCUT2D eigenvalue weighted by Gasteiger charge is -2.27. The van der Waals surface area contributed by atoms with Crippen LogP contribution in [0.25, 0.3) is 17.2 Å². The van der Waals surface area contributed by atoms with Gasteiger partial charge in [-0.15, -0.1) is 0 Å². The fourth-order valence-corrected chi connectivity index (χ4v) is 4.46. The highest BCUT2D eigenvalue weighted by Gasteiger charge is 2.24. The Labute approximate surface area is 179 Å². The summed E-state index contributed by atoms with van der Waals surface area (Å²) in [6.45, 7) is 20.9. The van der Waals surface area contributed by atoms with Gasteiger partial charge in [-0.05, 0) is 75.0 Å². The average Bonchev–Trinajstić information content (AvgIpc) is 3.00. The third-order valence-electron chi connectivity index (χ3n) is 6.19. The molecular formula is C29H40. The first-order chi connectivity index (χ1) is 13.4. The largest absolute Gasteiger partial charge is 0.0649 e. The van der Waals surface area contributed by atoms with E-state index in [0.717, 1.165) is 12.8 Å². The van der Waals surface area contributed by atoms with Gasteiger partial charge < -0.3 is 0 Å². The van der Waals surface area contributed by atoms with Gasteiger partial charge in [0.15, 0.2) is 0 Å². The van der Waals surface area contributed by atoms with Crippen molar-refractivity contribution >= 4 is 6.08 Å². The van der Waals surface area contributed by atoms with Crippen molar-refractivity contribution in [2.24, 2.45) is 5.92 Å². The molecule has 2 aromatic carbocycles. The zero-order valence-corrected chi connectivity index (χ0v) is 20.2. The molecule has 29 heavy (non-hydrogen) atoms. The van der Waals surface area contributed by atoms with E-state index in [4.69, 9.17) is 0 Å². The lowest BCUT2D eigenvalue weighted by molar-refractivity contribution is 0.569. The molecule has 0 aliphatic heterocycles. The molecule has 0 atom stereocenters. The Balaban J connectivity index is 2.26. The Hall–Kier alpha value is -1.82. The normalized spacial score (nSPS) is 14.3. The van der Waals surface area contributed by atoms with Gasteiger partial charge in [-0.1, -0.05) is 104 Å². The second-order valence-electron chi connectivity index (χ2n) is 11.4. The van der Waals surface area contributed by atoms with Crippen molar-refractivity contribution in [2.75, 3.05) is 0 Å². The Morgan fingerprint density at radius 3 is 1.93 bits per heavy atom. The van der Waals surface area contributed by atoms with Gasteiger partial charge in [0.2, 0.25) is 0 Å². The highest BCUT2D eigenvalue weighted by atomic mass is 14.3. The molecule has 0 unspecified atom stereocenters. The molecule has 0 heteroatoms. The first kappa shape index (κ1) is 21.9. The number of allylic oxidation sites excluding steroid dienone is 1. The van der Waals surface area contributed by atoms with Crippen molar-refractivity contribution in [2.45, 2.75) is 92.4 Å². The molecule has 1 aliphatic carbocycles. The molecule has 0 nitrogen and oxygen atoms in total. The lowest BCUT2D eigenvalue weighted by Crippen LogP contribution is -2.16. The molecule has 156 valence electrons. The smallest absolute Gasteiger partial charge is 0.00575 e. The van der Waals surface area contributed by atoms with E-state index in [2.05, 4.69) is 98.7 Å². The predicted octanol–water partition coefficient (Wildman–Crippen LogP) is 8.50. The van der Waals surface area contributed by atoms with Gasteiger partial charge in [0.25, 0.3) is 0 Å². The van der Waals surface area contributed by atoms with E-state index in [1.807, 2.05) is 0 Å². The van der Waals surface area contributed by atoms with E-state index >= 15 is 0 Å². The molecule has 0 spiro atoms. The van der Waals surface area contributed by atoms with Gasteiger partial charge >= 0.3 is 0 Å². The highest BCUT2D eigenvalue weighted by molar-refractivity contribution is 5.84. The second kappa shape index (κ2) is 7.78. The van der Waals surface area contributed by atoms with E-state index in [1.165, 1.54) is 45.4 Å². The van der Waals surface area contributed by atoms with Crippen LogP contribution in [0.15, 0.2) is 35.9 Å². The van der Waals surface area contributed by atoms with E-state index in [0.29, 0.717) is 5.92 Å². The second-order valence-corrected chi connectivity index (χ2v) is 11.4. The van der Waals surface area contributed by atoms with Gasteiger partial charge in [0.05, 0.1) is 0 Å². The summed E-state index contributed by atoms with van der Waals surface area (Å²) in [4.78, 5) is 0. The van der Waals surface area contributed by atoms with E-state index in [-0.39, 0.29) is 10.8 Å². The van der Waals surface area contributed by atoms with Crippen LogP contribution >= 0.6 is 0 Å². The Bertz CT molecular complexity index is 891. The topological polar surface area (TPSA) is 0 Å². The Morgan fingerprint density at radius 2 is 1.45 bits per heavy atom. The fraction of sp³-hybridized carbons (Fsp3) is 0.517. The molecule has 0 heterocycles. The van der Waals surface area contributed by atoms with Crippen molar-refractivity contribution in [1.82, 2.24) is 0 Å². The maximum atomic E-state index is 2.50. The average molecular weight is 389 g/mol. The van der Waals surface area contributed by atoms with E-state index < -0.39 is 0 Å². The van der Waals surface area contributed by atoms with Crippen LogP contribution < -0.4 is 0 Å². The number of hydrogen-bond donors (Lipinski definition) is 0. The zero-order valence-electron chi connectivity index (χ0n) is 20.2. The maximum absolute atomic E-state index is 2.50. The summed E-state index contributed by atoms with van der Waals surface area (Å²) in [5, 5.41) is 0. The summed E-state index contributed by atoms with van der Waals surface area (Å²) in [6.07, 6.45) is 5.89. The Kier molecular flexibility index (Phi) is 5.87. The minimum Gasteiger partial charge on any atom is -0.0649 e. The van der Waals surface area contributed by atoms with Gasteiger partial charge in [0.1, 0.15) is 0 Å². The molecular weight excluding hydrogens is 348 g/mol. The number of fused-ring (bicyclic) bond motifs is 1. The van der Waals surface area contributed by atoms with Crippen LogP contribution in [0.4, 0.5) is 0 Å². The quantitative estimate of drug-likeness (QED) is 0.492. The molecule has 0 amide bonds. The molecule has 3 rings (SSSR count). The first-order valence-corrected chi connectivity index (χ1v) is 11.4. The first-order valence-electron chi connectivity index (χ1n) is 11.4. The Morgan fingerprint density at radius 1 is 0.862 bits per heavy atom. The summed E-state index contributed by atoms with van der Waals surface area (Å²) in [5.74, 6) is 0.710. The maximum Gasteiger partial charge on any atom is -0.00575 e. The number of hydrogen-bond acceptors (Lipinski definition) is 0. The van der Waals surface area contributed by atoms with Crippen molar-refractivity contribution in [3.05, 3.63) is 63.7 Å². The molecule has 0 aromatic heterocycles. The van der Waals surface area contributed by atoms with E-state index in [9.17, 15) is 0 Å². The standard InChI is InChI=1S/C29H40/c1-10-21-11-12-22-14-20(13-19(2)3)15-26(22)27(21)23-16-24(28(4,5)6)18-25(17-23)29(7,8)9/h11-12,15-19H,10,13-14H2,1-9H3. The van der Waals surface area contributed by atoms with Crippen LogP contribution in [0.3, 0.4) is 0 Å². The van der Waals surface area contributed by atoms with Crippen molar-refractivity contribution in [3.8, 4) is 11.1 Å². The van der Waals surface area contributed by atoms with Gasteiger partial charge in [0, 0.05) is 0 Å². The van der Waals surface area contributed by atoms with Crippen molar-refractivity contribution in [1.29, 1.82) is 0 Å². The highest BCUT2D eigenvalue weighted by Crippen LogP contribution is 2.41. The van der Waals surface area contributed by atoms with Crippen LogP contribution in [0.2, 0.25) is 0 Å². The summed E-state index contributed by atoms with van der Waals surface area (Å²) in [5.41, 5.74) is 12.1. The third-order valence-corrected chi connectivity index (χ3v) is 6.19.